The number of rotatable bonds is 2. The van der Waals surface area contributed by atoms with Crippen LogP contribution in [0.4, 0.5) is 5.69 Å². The van der Waals surface area contributed by atoms with Gasteiger partial charge in [0.1, 0.15) is 0 Å². The number of nitrogens with two attached hydrogens (primary N) is 1. The molecule has 0 heterocycles. The number of anilines is 1. The molecule has 0 saturated carbocycles. The van der Waals surface area contributed by atoms with E-state index in [-0.39, 0.29) is 5.11 Å². The van der Waals surface area contributed by atoms with Crippen molar-refractivity contribution >= 4 is 38.9 Å². The molecule has 1 rings (SSSR count). The predicted octanol–water partition coefficient (Wildman–Crippen LogP) is 2.11. The average molecular weight is 261 g/mol. The minimum Gasteiger partial charge on any atom is -0.493 e. The zero-order valence-corrected chi connectivity index (χ0v) is 9.41. The molecule has 0 aliphatic heterocycles. The average Bonchev–Trinajstić information content (AvgIpc) is 2.03. The largest absolute Gasteiger partial charge is 0.493 e. The Bertz CT molecular complexity index is 330. The number of methoxy groups -OCH3 is 1. The van der Waals surface area contributed by atoms with Crippen molar-refractivity contribution in [1.29, 1.82) is 0 Å². The van der Waals surface area contributed by atoms with Crippen LogP contribution in [0.5, 0.6) is 5.75 Å². The van der Waals surface area contributed by atoms with Crippen molar-refractivity contribution < 1.29 is 4.74 Å². The first-order valence-corrected chi connectivity index (χ1v) is 4.74. The van der Waals surface area contributed by atoms with Crippen LogP contribution in [0.25, 0.3) is 0 Å². The molecule has 0 amide bonds. The third kappa shape index (κ3) is 2.57. The lowest BCUT2D eigenvalue weighted by Gasteiger charge is -2.10. The molecular weight excluding hydrogens is 252 g/mol. The minimum atomic E-state index is 0.219. The lowest BCUT2D eigenvalue weighted by atomic mass is 10.3. The summed E-state index contributed by atoms with van der Waals surface area (Å²) in [5.41, 5.74) is 6.10. The second-order valence-electron chi connectivity index (χ2n) is 2.31. The van der Waals surface area contributed by atoms with Crippen LogP contribution in [0.2, 0.25) is 0 Å². The highest BCUT2D eigenvalue weighted by Crippen LogP contribution is 2.32. The van der Waals surface area contributed by atoms with E-state index >= 15 is 0 Å². The second kappa shape index (κ2) is 4.43. The van der Waals surface area contributed by atoms with Crippen LogP contribution < -0.4 is 15.8 Å². The smallest absolute Gasteiger partial charge is 0.168 e. The Balaban J connectivity index is 3.05. The molecule has 70 valence electrons. The van der Waals surface area contributed by atoms with Crippen molar-refractivity contribution in [2.24, 2.45) is 5.73 Å². The monoisotopic (exact) mass is 260 g/mol. The van der Waals surface area contributed by atoms with E-state index in [1.165, 1.54) is 0 Å². The van der Waals surface area contributed by atoms with Gasteiger partial charge in [0, 0.05) is 0 Å². The Morgan fingerprint density at radius 1 is 1.62 bits per heavy atom. The summed E-state index contributed by atoms with van der Waals surface area (Å²) in [6.07, 6.45) is 0. The Hall–Kier alpha value is -0.810. The Kier molecular flexibility index (Phi) is 3.50. The van der Waals surface area contributed by atoms with E-state index < -0.39 is 0 Å². The van der Waals surface area contributed by atoms with E-state index in [4.69, 9.17) is 22.7 Å². The van der Waals surface area contributed by atoms with Gasteiger partial charge in [-0.1, -0.05) is 6.07 Å². The van der Waals surface area contributed by atoms with Gasteiger partial charge in [-0.15, -0.1) is 0 Å². The molecule has 3 nitrogen and oxygen atoms in total. The molecule has 0 aliphatic rings. The number of benzene rings is 1. The maximum absolute atomic E-state index is 5.35. The molecule has 5 heteroatoms. The summed E-state index contributed by atoms with van der Waals surface area (Å²) in [4.78, 5) is 0. The van der Waals surface area contributed by atoms with E-state index in [0.29, 0.717) is 5.75 Å². The molecule has 0 aromatic heterocycles. The number of hydrogen-bond donors (Lipinski definition) is 2. The van der Waals surface area contributed by atoms with E-state index in [0.717, 1.165) is 10.2 Å². The summed E-state index contributed by atoms with van der Waals surface area (Å²) in [7, 11) is 1.59. The molecular formula is C8H9BrN2OS. The quantitative estimate of drug-likeness (QED) is 0.800. The first kappa shape index (κ1) is 10.3. The van der Waals surface area contributed by atoms with Crippen molar-refractivity contribution in [2.75, 3.05) is 12.4 Å². The van der Waals surface area contributed by atoms with E-state index in [1.807, 2.05) is 18.2 Å². The Labute approximate surface area is 90.4 Å². The van der Waals surface area contributed by atoms with Gasteiger partial charge in [0.25, 0.3) is 0 Å². The fraction of sp³-hybridized carbons (Fsp3) is 0.125. The second-order valence-corrected chi connectivity index (χ2v) is 3.60. The maximum Gasteiger partial charge on any atom is 0.168 e. The van der Waals surface area contributed by atoms with Gasteiger partial charge >= 0.3 is 0 Å². The summed E-state index contributed by atoms with van der Waals surface area (Å²) < 4.78 is 6.01. The zero-order valence-electron chi connectivity index (χ0n) is 7.00. The summed E-state index contributed by atoms with van der Waals surface area (Å²) in [5.74, 6) is 0.690. The molecule has 0 fully saturated rings. The van der Waals surface area contributed by atoms with Gasteiger partial charge in [0.15, 0.2) is 10.9 Å². The molecule has 1 aromatic rings. The molecule has 13 heavy (non-hydrogen) atoms. The number of hydrogen-bond acceptors (Lipinski definition) is 2. The normalized spacial score (nSPS) is 9.38. The highest BCUT2D eigenvalue weighted by molar-refractivity contribution is 9.10. The van der Waals surface area contributed by atoms with Gasteiger partial charge in [-0.2, -0.15) is 0 Å². The van der Waals surface area contributed by atoms with Gasteiger partial charge < -0.3 is 15.8 Å². The molecule has 1 aromatic carbocycles. The van der Waals surface area contributed by atoms with Crippen LogP contribution in [-0.4, -0.2) is 12.2 Å². The zero-order chi connectivity index (χ0) is 9.84. The fourth-order valence-corrected chi connectivity index (χ4v) is 1.59. The van der Waals surface area contributed by atoms with Crippen LogP contribution in [0.1, 0.15) is 0 Å². The summed E-state index contributed by atoms with van der Waals surface area (Å²) in [5, 5.41) is 3.04. The molecule has 0 radical (unpaired) electrons. The molecule has 0 atom stereocenters. The number of ether oxygens (including phenoxy) is 1. The SMILES string of the molecule is COc1c(Br)cccc1NC(N)=S. The third-order valence-corrected chi connectivity index (χ3v) is 2.16. The lowest BCUT2D eigenvalue weighted by Crippen LogP contribution is -2.19. The molecule has 3 N–H and O–H groups in total. The number of nitrogens with one attached hydrogen (secondary N) is 1. The number of halogens is 1. The van der Waals surface area contributed by atoms with Gasteiger partial charge in [-0.05, 0) is 40.3 Å². The predicted molar refractivity (Wildman–Crippen MR) is 61.1 cm³/mol. The van der Waals surface area contributed by atoms with Crippen LogP contribution in [0.15, 0.2) is 22.7 Å². The summed E-state index contributed by atoms with van der Waals surface area (Å²) in [6, 6.07) is 5.58. The molecule has 0 bridgehead atoms. The molecule has 0 unspecified atom stereocenters. The van der Waals surface area contributed by atoms with Crippen molar-refractivity contribution in [3.05, 3.63) is 22.7 Å². The maximum atomic E-state index is 5.35. The number of para-hydroxylation sites is 1. The highest BCUT2D eigenvalue weighted by atomic mass is 79.9. The lowest BCUT2D eigenvalue weighted by molar-refractivity contribution is 0.414. The van der Waals surface area contributed by atoms with Crippen molar-refractivity contribution in [3.8, 4) is 5.75 Å². The third-order valence-electron chi connectivity index (χ3n) is 1.43. The van der Waals surface area contributed by atoms with Crippen LogP contribution >= 0.6 is 28.1 Å². The van der Waals surface area contributed by atoms with Crippen LogP contribution in [0, 0.1) is 0 Å². The number of thiocarbonyl (C=S) groups is 1. The van der Waals surface area contributed by atoms with Gasteiger partial charge in [0.2, 0.25) is 0 Å². The highest BCUT2D eigenvalue weighted by Gasteiger charge is 2.06. The van der Waals surface area contributed by atoms with E-state index in [9.17, 15) is 0 Å². The van der Waals surface area contributed by atoms with Crippen LogP contribution in [-0.2, 0) is 0 Å². The Morgan fingerprint density at radius 2 is 2.31 bits per heavy atom. The summed E-state index contributed by atoms with van der Waals surface area (Å²) >= 11 is 8.07. The minimum absolute atomic E-state index is 0.219. The van der Waals surface area contributed by atoms with Crippen molar-refractivity contribution in [2.45, 2.75) is 0 Å². The van der Waals surface area contributed by atoms with Crippen molar-refractivity contribution in [1.82, 2.24) is 0 Å². The standard InChI is InChI=1S/C8H9BrN2OS/c1-12-7-5(9)3-2-4-6(7)11-8(10)13/h2-4H,1H3,(H3,10,11,13). The first-order chi connectivity index (χ1) is 6.15. The van der Waals surface area contributed by atoms with Crippen molar-refractivity contribution in [3.63, 3.8) is 0 Å². The molecule has 0 aliphatic carbocycles. The molecule has 0 spiro atoms. The Morgan fingerprint density at radius 3 is 2.85 bits per heavy atom. The topological polar surface area (TPSA) is 47.3 Å². The van der Waals surface area contributed by atoms with Crippen LogP contribution in [0.3, 0.4) is 0 Å². The summed E-state index contributed by atoms with van der Waals surface area (Å²) in [6.45, 7) is 0. The first-order valence-electron chi connectivity index (χ1n) is 3.54. The molecule has 0 saturated heterocycles. The van der Waals surface area contributed by atoms with Gasteiger partial charge in [0.05, 0.1) is 17.3 Å². The van der Waals surface area contributed by atoms with Gasteiger partial charge in [-0.3, -0.25) is 0 Å². The van der Waals surface area contributed by atoms with Gasteiger partial charge in [-0.25, -0.2) is 0 Å². The van der Waals surface area contributed by atoms with E-state index in [1.54, 1.807) is 7.11 Å². The van der Waals surface area contributed by atoms with E-state index in [2.05, 4.69) is 21.2 Å². The fourth-order valence-electron chi connectivity index (χ4n) is 0.947.